The fourth-order valence-corrected chi connectivity index (χ4v) is 3.10. The number of benzene rings is 1. The van der Waals surface area contributed by atoms with Crippen molar-refractivity contribution in [2.24, 2.45) is 0 Å². The normalized spacial score (nSPS) is 10.0. The predicted octanol–water partition coefficient (Wildman–Crippen LogP) is 3.50. The minimum Gasteiger partial charge on any atom is -0.462 e. The quantitative estimate of drug-likeness (QED) is 0.759. The second-order valence-electron chi connectivity index (χ2n) is 4.56. The van der Waals surface area contributed by atoms with E-state index in [4.69, 9.17) is 15.2 Å². The second kappa shape index (κ2) is 7.95. The molecule has 124 valence electrons. The van der Waals surface area contributed by atoms with Crippen LogP contribution in [0, 0.1) is 11.3 Å². The molecule has 0 bridgehead atoms. The number of halogens is 1. The van der Waals surface area contributed by atoms with Crippen molar-refractivity contribution in [1.29, 1.82) is 5.26 Å². The lowest BCUT2D eigenvalue weighted by atomic mass is 10.1. The van der Waals surface area contributed by atoms with Gasteiger partial charge >= 0.3 is 11.9 Å². The Morgan fingerprint density at radius 1 is 1.25 bits per heavy atom. The molecule has 2 N–H and O–H groups in total. The van der Waals surface area contributed by atoms with E-state index in [0.717, 1.165) is 15.8 Å². The van der Waals surface area contributed by atoms with Gasteiger partial charge in [-0.25, -0.2) is 9.59 Å². The van der Waals surface area contributed by atoms with Gasteiger partial charge in [-0.15, -0.1) is 11.3 Å². The van der Waals surface area contributed by atoms with Gasteiger partial charge < -0.3 is 15.2 Å². The number of hydrogen-bond acceptors (Lipinski definition) is 7. The summed E-state index contributed by atoms with van der Waals surface area (Å²) in [6.45, 7) is 1.63. The van der Waals surface area contributed by atoms with Gasteiger partial charge in [0.05, 0.1) is 17.7 Å². The van der Waals surface area contributed by atoms with Gasteiger partial charge in [0.25, 0.3) is 0 Å². The first-order chi connectivity index (χ1) is 11.5. The van der Waals surface area contributed by atoms with Crippen LogP contribution in [0.25, 0.3) is 0 Å². The van der Waals surface area contributed by atoms with E-state index < -0.39 is 11.9 Å². The van der Waals surface area contributed by atoms with E-state index in [-0.39, 0.29) is 34.2 Å². The van der Waals surface area contributed by atoms with Gasteiger partial charge in [-0.05, 0) is 31.2 Å². The topological polar surface area (TPSA) is 102 Å². The zero-order valence-corrected chi connectivity index (χ0v) is 15.1. The fraction of sp³-hybridized carbons (Fsp3) is 0.188. The van der Waals surface area contributed by atoms with Crippen LogP contribution in [-0.2, 0) is 16.1 Å². The summed E-state index contributed by atoms with van der Waals surface area (Å²) in [5, 5.41) is 9.41. The molecule has 8 heteroatoms. The average Bonchev–Trinajstić information content (AvgIpc) is 2.89. The molecule has 2 rings (SSSR count). The van der Waals surface area contributed by atoms with Gasteiger partial charge in [0, 0.05) is 10.0 Å². The lowest BCUT2D eigenvalue weighted by Gasteiger charge is -2.07. The number of nitrogens with two attached hydrogens (primary N) is 1. The molecule has 1 heterocycles. The summed E-state index contributed by atoms with van der Waals surface area (Å²) in [6.07, 6.45) is 0. The highest BCUT2D eigenvalue weighted by Gasteiger charge is 2.24. The SMILES string of the molecule is CCOC(=O)c1sc(N)c(C#N)c1COC(=O)c1ccc(Br)cc1. The average molecular weight is 409 g/mol. The zero-order valence-electron chi connectivity index (χ0n) is 12.7. The summed E-state index contributed by atoms with van der Waals surface area (Å²) in [7, 11) is 0. The summed E-state index contributed by atoms with van der Waals surface area (Å²) < 4.78 is 11.0. The smallest absolute Gasteiger partial charge is 0.348 e. The highest BCUT2D eigenvalue weighted by molar-refractivity contribution is 9.10. The Morgan fingerprint density at radius 3 is 2.50 bits per heavy atom. The van der Waals surface area contributed by atoms with E-state index in [1.807, 2.05) is 6.07 Å². The van der Waals surface area contributed by atoms with Crippen LogP contribution in [0.1, 0.15) is 38.1 Å². The summed E-state index contributed by atoms with van der Waals surface area (Å²) in [5.41, 5.74) is 6.52. The van der Waals surface area contributed by atoms with Crippen LogP contribution in [0.3, 0.4) is 0 Å². The molecule has 1 aromatic carbocycles. The van der Waals surface area contributed by atoms with Crippen LogP contribution >= 0.6 is 27.3 Å². The molecule has 0 unspecified atom stereocenters. The molecule has 0 aliphatic rings. The molecule has 0 saturated carbocycles. The molecule has 0 aliphatic carbocycles. The molecule has 24 heavy (non-hydrogen) atoms. The third-order valence-electron chi connectivity index (χ3n) is 3.03. The Balaban J connectivity index is 2.22. The monoisotopic (exact) mass is 408 g/mol. The van der Waals surface area contributed by atoms with E-state index >= 15 is 0 Å². The van der Waals surface area contributed by atoms with Crippen molar-refractivity contribution in [3.05, 3.63) is 50.3 Å². The van der Waals surface area contributed by atoms with Crippen LogP contribution < -0.4 is 5.73 Å². The van der Waals surface area contributed by atoms with Gasteiger partial charge in [0.1, 0.15) is 22.6 Å². The Bertz CT molecular complexity index is 809. The molecule has 0 saturated heterocycles. The molecule has 6 nitrogen and oxygen atoms in total. The lowest BCUT2D eigenvalue weighted by Crippen LogP contribution is -2.10. The summed E-state index contributed by atoms with van der Waals surface area (Å²) in [6, 6.07) is 8.56. The number of carbonyl (C=O) groups excluding carboxylic acids is 2. The Kier molecular flexibility index (Phi) is 5.95. The van der Waals surface area contributed by atoms with Crippen molar-refractivity contribution in [2.75, 3.05) is 12.3 Å². The first kappa shape index (κ1) is 18.0. The zero-order chi connectivity index (χ0) is 17.7. The molecular formula is C16H13BrN2O4S. The third-order valence-corrected chi connectivity index (χ3v) is 4.60. The third kappa shape index (κ3) is 3.93. The number of carbonyl (C=O) groups is 2. The summed E-state index contributed by atoms with van der Waals surface area (Å²) in [5.74, 6) is -1.16. The number of anilines is 1. The van der Waals surface area contributed by atoms with Crippen LogP contribution in [0.15, 0.2) is 28.7 Å². The van der Waals surface area contributed by atoms with E-state index in [1.165, 1.54) is 0 Å². The van der Waals surface area contributed by atoms with Crippen molar-refractivity contribution in [3.63, 3.8) is 0 Å². The summed E-state index contributed by atoms with van der Waals surface area (Å²) in [4.78, 5) is 24.2. The largest absolute Gasteiger partial charge is 0.462 e. The summed E-state index contributed by atoms with van der Waals surface area (Å²) >= 11 is 4.23. The van der Waals surface area contributed by atoms with Gasteiger partial charge in [-0.3, -0.25) is 0 Å². The molecular weight excluding hydrogens is 396 g/mol. The first-order valence-electron chi connectivity index (χ1n) is 6.89. The van der Waals surface area contributed by atoms with E-state index in [0.29, 0.717) is 5.56 Å². The van der Waals surface area contributed by atoms with Crippen molar-refractivity contribution in [1.82, 2.24) is 0 Å². The van der Waals surface area contributed by atoms with E-state index in [2.05, 4.69) is 15.9 Å². The van der Waals surface area contributed by atoms with Gasteiger partial charge in [-0.1, -0.05) is 15.9 Å². The number of nitrogen functional groups attached to an aromatic ring is 1. The minimum atomic E-state index is -0.592. The number of thiophene rings is 1. The number of esters is 2. The van der Waals surface area contributed by atoms with E-state index in [9.17, 15) is 14.9 Å². The van der Waals surface area contributed by atoms with Crippen molar-refractivity contribution in [2.45, 2.75) is 13.5 Å². The van der Waals surface area contributed by atoms with Crippen LogP contribution in [-0.4, -0.2) is 18.5 Å². The fourth-order valence-electron chi connectivity index (χ4n) is 1.91. The Labute approximate surface area is 150 Å². The molecule has 0 spiro atoms. The molecule has 0 aliphatic heterocycles. The number of hydrogen-bond donors (Lipinski definition) is 1. The van der Waals surface area contributed by atoms with Crippen molar-refractivity contribution < 1.29 is 19.1 Å². The van der Waals surface area contributed by atoms with E-state index in [1.54, 1.807) is 31.2 Å². The highest BCUT2D eigenvalue weighted by Crippen LogP contribution is 2.32. The molecule has 0 atom stereocenters. The van der Waals surface area contributed by atoms with Crippen LogP contribution in [0.2, 0.25) is 0 Å². The second-order valence-corrected chi connectivity index (χ2v) is 6.53. The molecule has 1 aromatic heterocycles. The van der Waals surface area contributed by atoms with Crippen LogP contribution in [0.5, 0.6) is 0 Å². The Hall–Kier alpha value is -2.37. The predicted molar refractivity (Wildman–Crippen MR) is 92.7 cm³/mol. The lowest BCUT2D eigenvalue weighted by molar-refractivity contribution is 0.0452. The standard InChI is InChI=1S/C16H13BrN2O4S/c1-2-22-16(21)13-12(11(7-18)14(19)24-13)8-23-15(20)9-3-5-10(17)6-4-9/h3-6H,2,8,19H2,1H3. The van der Waals surface area contributed by atoms with Gasteiger partial charge in [-0.2, -0.15) is 5.26 Å². The molecule has 2 aromatic rings. The number of ether oxygens (including phenoxy) is 2. The molecule has 0 fully saturated rings. The highest BCUT2D eigenvalue weighted by atomic mass is 79.9. The van der Waals surface area contributed by atoms with Crippen LogP contribution in [0.4, 0.5) is 5.00 Å². The minimum absolute atomic E-state index is 0.131. The Morgan fingerprint density at radius 2 is 1.92 bits per heavy atom. The maximum Gasteiger partial charge on any atom is 0.348 e. The maximum absolute atomic E-state index is 12.1. The van der Waals surface area contributed by atoms with Crippen molar-refractivity contribution in [3.8, 4) is 6.07 Å². The van der Waals surface area contributed by atoms with Gasteiger partial charge in [0.15, 0.2) is 0 Å². The van der Waals surface area contributed by atoms with Crippen molar-refractivity contribution >= 4 is 44.2 Å². The number of rotatable bonds is 5. The number of nitriles is 1. The van der Waals surface area contributed by atoms with Gasteiger partial charge in [0.2, 0.25) is 0 Å². The maximum atomic E-state index is 12.1. The number of nitrogens with zero attached hydrogens (tertiary/aromatic N) is 1. The molecule has 0 radical (unpaired) electrons. The molecule has 0 amide bonds. The first-order valence-corrected chi connectivity index (χ1v) is 8.49.